The van der Waals surface area contributed by atoms with Crippen LogP contribution >= 0.6 is 0 Å². The molecule has 3 aliphatic carbocycles. The summed E-state index contributed by atoms with van der Waals surface area (Å²) in [4.78, 5) is 31.1. The Kier molecular flexibility index (Phi) is 15.7. The second kappa shape index (κ2) is 23.3. The zero-order valence-electron chi connectivity index (χ0n) is 41.2. The molecule has 6 aromatic carbocycles. The highest BCUT2D eigenvalue weighted by Gasteiger charge is 2.27. The van der Waals surface area contributed by atoms with Crippen LogP contribution < -0.4 is 0 Å². The Morgan fingerprint density at radius 1 is 0.278 bits per heavy atom. The average molecular weight is 955 g/mol. The van der Waals surface area contributed by atoms with Crippen molar-refractivity contribution >= 4 is 37.3 Å². The monoisotopic (exact) mass is 955 g/mol. The van der Waals surface area contributed by atoms with Crippen molar-refractivity contribution < 1.29 is 15.3 Å². The van der Waals surface area contributed by atoms with Gasteiger partial charge in [-0.3, -0.25) is 30.0 Å². The topological polar surface area (TPSA) is 135 Å². The minimum Gasteiger partial charge on any atom is -0.507 e. The van der Waals surface area contributed by atoms with E-state index in [0.29, 0.717) is 52.6 Å². The maximum atomic E-state index is 12.0. The minimum absolute atomic E-state index is 0.0960. The van der Waals surface area contributed by atoms with Gasteiger partial charge >= 0.3 is 0 Å². The standard InChI is InChI=1S/C63H66N6O3/c70-61-49-31-46(28-43-16-4-1-5-17-43)32-50(61)38-65-56-23-11-13-25-58(56)67-40-52-34-48(30-45-20-8-3-9-21-45)36-54(63(52)72)42-69-60-27-15-14-26-59(60)68-41-53-35-47(29-44-18-6-2-7-19-44)33-51(62(53)71)39-66-57-24-12-10-22-55(57)64-37-49/h1-9,16-21,31-42,55-60,70-72H,10-15,22-30H2/t55-,56-,57-,58-,59-,60-/m0/s1. The van der Waals surface area contributed by atoms with Gasteiger partial charge in [-0.2, -0.15) is 0 Å². The Hall–Kier alpha value is -7.26. The first-order valence-corrected chi connectivity index (χ1v) is 26.3. The molecule has 0 saturated heterocycles. The van der Waals surface area contributed by atoms with E-state index in [1.54, 1.807) is 0 Å². The lowest BCUT2D eigenvalue weighted by Crippen LogP contribution is -2.27. The first kappa shape index (κ1) is 48.4. The van der Waals surface area contributed by atoms with Crippen molar-refractivity contribution in [2.75, 3.05) is 0 Å². The summed E-state index contributed by atoms with van der Waals surface area (Å²) in [5, 5.41) is 36.0. The van der Waals surface area contributed by atoms with Crippen LogP contribution in [0.2, 0.25) is 0 Å². The van der Waals surface area contributed by atoms with Crippen LogP contribution in [0.15, 0.2) is 157 Å². The first-order chi connectivity index (χ1) is 35.4. The number of phenolic OH excluding ortho intramolecular Hbond substituents is 3. The molecule has 1 aliphatic heterocycles. The molecule has 6 atom stereocenters. The lowest BCUT2D eigenvalue weighted by molar-refractivity contribution is 0.389. The highest BCUT2D eigenvalue weighted by molar-refractivity contribution is 5.95. The largest absolute Gasteiger partial charge is 0.507 e. The summed E-state index contributed by atoms with van der Waals surface area (Å²) in [5.41, 5.74) is 10.6. The second-order valence-corrected chi connectivity index (χ2v) is 20.3. The van der Waals surface area contributed by atoms with E-state index in [1.165, 1.54) is 16.7 Å². The van der Waals surface area contributed by atoms with Gasteiger partial charge in [0.15, 0.2) is 0 Å². The average Bonchev–Trinajstić information content (AvgIpc) is 3.41. The highest BCUT2D eigenvalue weighted by atomic mass is 16.3. The number of nitrogens with zero attached hydrogens (tertiary/aromatic N) is 6. The van der Waals surface area contributed by atoms with E-state index < -0.39 is 0 Å². The van der Waals surface area contributed by atoms with Gasteiger partial charge in [-0.25, -0.2) is 0 Å². The van der Waals surface area contributed by atoms with Gasteiger partial charge in [-0.05, 0) is 128 Å². The van der Waals surface area contributed by atoms with Crippen molar-refractivity contribution in [2.45, 2.75) is 133 Å². The molecule has 6 bridgehead atoms. The molecule has 72 heavy (non-hydrogen) atoms. The number of aromatic hydroxyl groups is 3. The van der Waals surface area contributed by atoms with Crippen LogP contribution in [0.3, 0.4) is 0 Å². The van der Waals surface area contributed by atoms with Gasteiger partial charge < -0.3 is 15.3 Å². The molecule has 0 amide bonds. The molecule has 6 aromatic rings. The van der Waals surface area contributed by atoms with Gasteiger partial charge in [0.05, 0.1) is 36.3 Å². The SMILES string of the molecule is Oc1c2cc(Cc3ccccc3)cc1C=N[C@H]1CCCC[C@@H]1N=Cc1cc(Cc3ccccc3)cc(c1O)C=N[C@H]1CCCC[C@@H]1N=Cc1cc(Cc3ccccc3)cc(c1O)C=N[C@H]1CCCC[C@@H]1N=C2. The Morgan fingerprint density at radius 3 is 0.667 bits per heavy atom. The number of benzene rings is 6. The summed E-state index contributed by atoms with van der Waals surface area (Å²) in [5.74, 6) is 0.436. The lowest BCUT2D eigenvalue weighted by Gasteiger charge is -2.26. The third-order valence-electron chi connectivity index (χ3n) is 15.0. The fourth-order valence-corrected chi connectivity index (χ4v) is 11.0. The highest BCUT2D eigenvalue weighted by Crippen LogP contribution is 2.33. The predicted octanol–water partition coefficient (Wildman–Crippen LogP) is 12.4. The van der Waals surface area contributed by atoms with Gasteiger partial charge in [0.25, 0.3) is 0 Å². The molecule has 3 fully saturated rings. The van der Waals surface area contributed by atoms with E-state index in [4.69, 9.17) is 30.0 Å². The van der Waals surface area contributed by atoms with Crippen molar-refractivity contribution in [3.63, 3.8) is 0 Å². The van der Waals surface area contributed by atoms with E-state index in [2.05, 4.69) is 72.8 Å². The molecular formula is C63H66N6O3. The molecule has 366 valence electrons. The Morgan fingerprint density at radius 2 is 0.472 bits per heavy atom. The summed E-state index contributed by atoms with van der Waals surface area (Å²) in [7, 11) is 0. The first-order valence-electron chi connectivity index (χ1n) is 26.3. The summed E-state index contributed by atoms with van der Waals surface area (Å²) >= 11 is 0. The van der Waals surface area contributed by atoms with Crippen molar-refractivity contribution in [3.05, 3.63) is 194 Å². The Bertz CT molecular complexity index is 2530. The second-order valence-electron chi connectivity index (χ2n) is 20.3. The summed E-state index contributed by atoms with van der Waals surface area (Å²) in [6.07, 6.45) is 24.6. The maximum Gasteiger partial charge on any atom is 0.133 e. The van der Waals surface area contributed by atoms with Crippen LogP contribution in [0.4, 0.5) is 0 Å². The van der Waals surface area contributed by atoms with E-state index in [1.807, 2.05) is 91.9 Å². The molecule has 0 aromatic heterocycles. The van der Waals surface area contributed by atoms with Crippen molar-refractivity contribution in [2.24, 2.45) is 30.0 Å². The third-order valence-corrected chi connectivity index (χ3v) is 15.0. The van der Waals surface area contributed by atoms with Crippen molar-refractivity contribution in [1.82, 2.24) is 0 Å². The zero-order valence-corrected chi connectivity index (χ0v) is 41.2. The summed E-state index contributed by atoms with van der Waals surface area (Å²) in [6, 6.07) is 42.8. The van der Waals surface area contributed by atoms with Crippen molar-refractivity contribution in [1.29, 1.82) is 0 Å². The Balaban J connectivity index is 1.08. The van der Waals surface area contributed by atoms with Crippen LogP contribution in [-0.4, -0.2) is 88.9 Å². The summed E-state index contributed by atoms with van der Waals surface area (Å²) in [6.45, 7) is 0. The van der Waals surface area contributed by atoms with Gasteiger partial charge in [0, 0.05) is 70.7 Å². The molecule has 9 nitrogen and oxygen atoms in total. The quantitative estimate of drug-likeness (QED) is 0.153. The fraction of sp³-hybridized carbons (Fsp3) is 0.333. The smallest absolute Gasteiger partial charge is 0.133 e. The van der Waals surface area contributed by atoms with Gasteiger partial charge in [-0.1, -0.05) is 130 Å². The molecule has 0 spiro atoms. The number of phenols is 3. The molecule has 0 unspecified atom stereocenters. The maximum absolute atomic E-state index is 12.0. The number of rotatable bonds is 6. The van der Waals surface area contributed by atoms with E-state index in [0.717, 1.165) is 93.7 Å². The van der Waals surface area contributed by atoms with Crippen LogP contribution in [0, 0.1) is 0 Å². The number of aliphatic imine (C=N–C) groups is 6. The van der Waals surface area contributed by atoms with Gasteiger partial charge in [-0.15, -0.1) is 0 Å². The zero-order chi connectivity index (χ0) is 49.1. The number of hydrogen-bond acceptors (Lipinski definition) is 9. The molecule has 3 N–H and O–H groups in total. The van der Waals surface area contributed by atoms with Crippen LogP contribution in [0.25, 0.3) is 0 Å². The number of hydrogen-bond donors (Lipinski definition) is 3. The van der Waals surface area contributed by atoms with Gasteiger partial charge in [0.2, 0.25) is 0 Å². The molecular weight excluding hydrogens is 889 g/mol. The minimum atomic E-state index is -0.0960. The number of fused-ring (bicyclic) bond motifs is 9. The Labute approximate surface area is 424 Å². The van der Waals surface area contributed by atoms with Crippen LogP contribution in [0.1, 0.15) is 144 Å². The van der Waals surface area contributed by atoms with Crippen LogP contribution in [-0.2, 0) is 19.3 Å². The molecule has 4 aliphatic rings. The molecule has 10 rings (SSSR count). The van der Waals surface area contributed by atoms with Crippen LogP contribution in [0.5, 0.6) is 17.2 Å². The molecule has 3 saturated carbocycles. The van der Waals surface area contributed by atoms with Crippen molar-refractivity contribution in [3.8, 4) is 17.2 Å². The normalized spacial score (nSPS) is 22.3. The van der Waals surface area contributed by atoms with E-state index >= 15 is 0 Å². The molecule has 9 heteroatoms. The van der Waals surface area contributed by atoms with E-state index in [-0.39, 0.29) is 53.5 Å². The third kappa shape index (κ3) is 12.2. The molecule has 1 heterocycles. The van der Waals surface area contributed by atoms with E-state index in [9.17, 15) is 15.3 Å². The van der Waals surface area contributed by atoms with Gasteiger partial charge in [0.1, 0.15) is 17.2 Å². The lowest BCUT2D eigenvalue weighted by atomic mass is 9.90. The fourth-order valence-electron chi connectivity index (χ4n) is 11.0. The molecule has 0 radical (unpaired) electrons. The predicted molar refractivity (Wildman–Crippen MR) is 296 cm³/mol. The summed E-state index contributed by atoms with van der Waals surface area (Å²) < 4.78 is 0.